The van der Waals surface area contributed by atoms with Gasteiger partial charge < -0.3 is 10.1 Å². The van der Waals surface area contributed by atoms with Gasteiger partial charge in [-0.25, -0.2) is 13.1 Å². The number of H-pyrrole nitrogens is 1. The fourth-order valence-electron chi connectivity index (χ4n) is 3.85. The summed E-state index contributed by atoms with van der Waals surface area (Å²) in [4.78, 5) is 27.8. The Morgan fingerprint density at radius 1 is 1.45 bits per heavy atom. The van der Waals surface area contributed by atoms with Crippen LogP contribution in [0.5, 0.6) is 0 Å². The highest BCUT2D eigenvalue weighted by atomic mass is 32.3. The van der Waals surface area contributed by atoms with Gasteiger partial charge >= 0.3 is 5.97 Å². The second-order valence-corrected chi connectivity index (χ2v) is 10.6. The quantitative estimate of drug-likeness (QED) is 0.562. The molecule has 0 radical (unpaired) electrons. The molecule has 2 aliphatic rings. The number of sulfonamides is 1. The molecule has 1 fully saturated rings. The molecule has 3 heterocycles. The van der Waals surface area contributed by atoms with Gasteiger partial charge in [0.25, 0.3) is 5.56 Å². The predicted octanol–water partition coefficient (Wildman–Crippen LogP) is 1.73. The van der Waals surface area contributed by atoms with Crippen molar-refractivity contribution in [2.75, 3.05) is 19.6 Å². The van der Waals surface area contributed by atoms with Crippen LogP contribution in [0.25, 0.3) is 0 Å². The molecule has 160 valence electrons. The molecule has 0 spiro atoms. The second-order valence-electron chi connectivity index (χ2n) is 7.35. The zero-order valence-corrected chi connectivity index (χ0v) is 18.2. The number of rotatable bonds is 8. The molecular formula is C19H27N3O5S2. The Balaban J connectivity index is 1.60. The van der Waals surface area contributed by atoms with Gasteiger partial charge in [-0.3, -0.25) is 14.5 Å². The lowest BCUT2D eigenvalue weighted by atomic mass is 10.0. The van der Waals surface area contributed by atoms with E-state index in [9.17, 15) is 23.1 Å². The van der Waals surface area contributed by atoms with E-state index in [1.54, 1.807) is 11.0 Å². The maximum atomic E-state index is 12.7. The fourth-order valence-corrected chi connectivity index (χ4v) is 6.74. The summed E-state index contributed by atoms with van der Waals surface area (Å²) in [6, 6.07) is 1.35. The van der Waals surface area contributed by atoms with E-state index in [0.717, 1.165) is 17.7 Å². The van der Waals surface area contributed by atoms with E-state index >= 15 is 0 Å². The largest absolute Gasteiger partial charge is 0.480 e. The summed E-state index contributed by atoms with van der Waals surface area (Å²) in [6.07, 6.45) is 4.32. The summed E-state index contributed by atoms with van der Waals surface area (Å²) in [5.74, 6) is -0.857. The molecule has 0 aromatic carbocycles. The predicted molar refractivity (Wildman–Crippen MR) is 113 cm³/mol. The Labute approximate surface area is 174 Å². The molecule has 0 amide bonds. The molecule has 10 heteroatoms. The smallest absolute Gasteiger partial charge is 0.320 e. The van der Waals surface area contributed by atoms with Crippen LogP contribution in [0.1, 0.15) is 48.3 Å². The van der Waals surface area contributed by atoms with Crippen LogP contribution in [-0.4, -0.2) is 55.1 Å². The monoisotopic (exact) mass is 441 g/mol. The second kappa shape index (κ2) is 9.03. The molecule has 2 aliphatic heterocycles. The number of pyridine rings is 1. The lowest BCUT2D eigenvalue weighted by molar-refractivity contribution is -0.142. The molecular weight excluding hydrogens is 414 g/mol. The van der Waals surface area contributed by atoms with Crippen molar-refractivity contribution in [2.24, 2.45) is 0 Å². The summed E-state index contributed by atoms with van der Waals surface area (Å²) >= 11 is 1.28. The standard InChI is InChI=1S/C19H27N3O5S2/c1-3-13-11-14(12(2)21-18(13)23)16-6-7-17(28-16)29(26,27)20-8-10-22-9-4-5-15(22)19(24)25/h7,11,15-16,20H,3-6,8-10H2,1-2H3,(H,21,23)(H,24,25). The van der Waals surface area contributed by atoms with Gasteiger partial charge in [0, 0.05) is 29.6 Å². The molecule has 3 rings (SSSR count). The summed E-state index contributed by atoms with van der Waals surface area (Å²) in [5.41, 5.74) is 2.31. The Morgan fingerprint density at radius 3 is 2.90 bits per heavy atom. The summed E-state index contributed by atoms with van der Waals surface area (Å²) < 4.78 is 28.2. The van der Waals surface area contributed by atoms with Crippen molar-refractivity contribution in [3.63, 3.8) is 0 Å². The van der Waals surface area contributed by atoms with Crippen LogP contribution in [0.15, 0.2) is 21.2 Å². The molecule has 2 unspecified atom stereocenters. The van der Waals surface area contributed by atoms with Crippen LogP contribution >= 0.6 is 11.8 Å². The maximum Gasteiger partial charge on any atom is 0.320 e. The highest BCUT2D eigenvalue weighted by Crippen LogP contribution is 2.46. The number of carbonyl (C=O) groups is 1. The Bertz CT molecular complexity index is 971. The minimum absolute atomic E-state index is 0.0568. The minimum atomic E-state index is -3.64. The number of aromatic nitrogens is 1. The summed E-state index contributed by atoms with van der Waals surface area (Å²) in [5, 5.41) is 9.16. The van der Waals surface area contributed by atoms with Crippen molar-refractivity contribution in [2.45, 2.75) is 50.8 Å². The molecule has 0 saturated carbocycles. The van der Waals surface area contributed by atoms with E-state index in [-0.39, 0.29) is 21.6 Å². The summed E-state index contributed by atoms with van der Waals surface area (Å²) in [6.45, 7) is 4.96. The normalized spacial score (nSPS) is 22.8. The number of hydrogen-bond donors (Lipinski definition) is 3. The van der Waals surface area contributed by atoms with Crippen LogP contribution in [0.3, 0.4) is 0 Å². The molecule has 8 nitrogen and oxygen atoms in total. The minimum Gasteiger partial charge on any atom is -0.480 e. The number of aromatic amines is 1. The first-order valence-corrected chi connectivity index (χ1v) is 12.1. The van der Waals surface area contributed by atoms with Crippen LogP contribution < -0.4 is 10.3 Å². The van der Waals surface area contributed by atoms with Crippen molar-refractivity contribution >= 4 is 27.8 Å². The van der Waals surface area contributed by atoms with Crippen molar-refractivity contribution in [3.8, 4) is 0 Å². The van der Waals surface area contributed by atoms with Crippen LogP contribution in [0.2, 0.25) is 0 Å². The Hall–Kier alpha value is -1.62. The average molecular weight is 442 g/mol. The molecule has 1 saturated heterocycles. The van der Waals surface area contributed by atoms with Gasteiger partial charge in [-0.2, -0.15) is 0 Å². The molecule has 3 N–H and O–H groups in total. The molecule has 0 bridgehead atoms. The lowest BCUT2D eigenvalue weighted by Crippen LogP contribution is -2.41. The van der Waals surface area contributed by atoms with Crippen molar-refractivity contribution in [3.05, 3.63) is 43.6 Å². The van der Waals surface area contributed by atoms with Crippen molar-refractivity contribution < 1.29 is 18.3 Å². The zero-order valence-electron chi connectivity index (χ0n) is 16.6. The fraction of sp³-hybridized carbons (Fsp3) is 0.579. The van der Waals surface area contributed by atoms with Gasteiger partial charge in [-0.15, -0.1) is 11.8 Å². The topological polar surface area (TPSA) is 120 Å². The molecule has 29 heavy (non-hydrogen) atoms. The van der Waals surface area contributed by atoms with Gasteiger partial charge in [0.15, 0.2) is 0 Å². The Morgan fingerprint density at radius 2 is 2.21 bits per heavy atom. The van der Waals surface area contributed by atoms with Crippen LogP contribution in [0, 0.1) is 6.92 Å². The number of thioether (sulfide) groups is 1. The first-order chi connectivity index (χ1) is 13.7. The van der Waals surface area contributed by atoms with Crippen LogP contribution in [-0.2, 0) is 21.2 Å². The third kappa shape index (κ3) is 4.93. The highest BCUT2D eigenvalue weighted by molar-refractivity contribution is 8.18. The van der Waals surface area contributed by atoms with Gasteiger partial charge in [0.2, 0.25) is 10.0 Å². The number of carboxylic acid groups (broad SMARTS) is 1. The first kappa shape index (κ1) is 22.1. The lowest BCUT2D eigenvalue weighted by Gasteiger charge is -2.21. The number of aliphatic carboxylic acids is 1. The third-order valence-corrected chi connectivity index (χ3v) is 8.80. The number of nitrogens with zero attached hydrogens (tertiary/aromatic N) is 1. The highest BCUT2D eigenvalue weighted by Gasteiger charge is 2.32. The van der Waals surface area contributed by atoms with E-state index in [1.165, 1.54) is 11.8 Å². The van der Waals surface area contributed by atoms with Gasteiger partial charge in [0.05, 0.1) is 0 Å². The van der Waals surface area contributed by atoms with Gasteiger partial charge in [0.1, 0.15) is 10.3 Å². The van der Waals surface area contributed by atoms with Crippen molar-refractivity contribution in [1.82, 2.24) is 14.6 Å². The van der Waals surface area contributed by atoms with E-state index in [1.807, 2.05) is 19.9 Å². The van der Waals surface area contributed by atoms with E-state index in [4.69, 9.17) is 0 Å². The van der Waals surface area contributed by atoms with Crippen LogP contribution in [0.4, 0.5) is 0 Å². The SMILES string of the molecule is CCc1cc(C2CC=C(S(=O)(=O)NCCN3CCCC3C(=O)O)S2)c(C)[nH]c1=O. The summed E-state index contributed by atoms with van der Waals surface area (Å²) in [7, 11) is -3.64. The number of allylic oxidation sites excluding steroid dienone is 1. The number of aryl methyl sites for hydroxylation is 2. The average Bonchev–Trinajstić information content (AvgIpc) is 3.31. The molecule has 2 atom stereocenters. The van der Waals surface area contributed by atoms with E-state index < -0.39 is 22.0 Å². The number of carboxylic acids is 1. The first-order valence-electron chi connectivity index (χ1n) is 9.79. The number of likely N-dealkylation sites (tertiary alicyclic amines) is 1. The molecule has 0 aliphatic carbocycles. The van der Waals surface area contributed by atoms with Crippen molar-refractivity contribution in [1.29, 1.82) is 0 Å². The Kier molecular flexibility index (Phi) is 6.87. The molecule has 1 aromatic heterocycles. The van der Waals surface area contributed by atoms with E-state index in [0.29, 0.717) is 37.9 Å². The van der Waals surface area contributed by atoms with E-state index in [2.05, 4.69) is 9.71 Å². The maximum absolute atomic E-state index is 12.7. The van der Waals surface area contributed by atoms with Gasteiger partial charge in [-0.1, -0.05) is 13.0 Å². The molecule has 1 aromatic rings. The van der Waals surface area contributed by atoms with Gasteiger partial charge in [-0.05, 0) is 50.8 Å². The zero-order chi connectivity index (χ0) is 21.2. The number of hydrogen-bond acceptors (Lipinski definition) is 6. The third-order valence-electron chi connectivity index (χ3n) is 5.44. The number of nitrogens with one attached hydrogen (secondary N) is 2.